The third kappa shape index (κ3) is 8.42. The summed E-state index contributed by atoms with van der Waals surface area (Å²) in [5.74, 6) is 0.822. The number of methoxy groups -OCH3 is 1. The molecule has 120 valence electrons. The second-order valence-electron chi connectivity index (χ2n) is 4.88. The highest BCUT2D eigenvalue weighted by Crippen LogP contribution is 2.22. The number of nitrogens with one attached hydrogen (secondary N) is 1. The van der Waals surface area contributed by atoms with Gasteiger partial charge in [-0.3, -0.25) is 0 Å². The number of benzene rings is 1. The number of hydrogen-bond donors (Lipinski definition) is 2. The van der Waals surface area contributed by atoms with Crippen LogP contribution in [0.4, 0.5) is 11.4 Å². The van der Waals surface area contributed by atoms with Gasteiger partial charge in [-0.05, 0) is 25.3 Å². The summed E-state index contributed by atoms with van der Waals surface area (Å²) in [6, 6.07) is 5.76. The predicted molar refractivity (Wildman–Crippen MR) is 87.1 cm³/mol. The zero-order chi connectivity index (χ0) is 15.3. The molecule has 5 heteroatoms. The minimum absolute atomic E-state index is 0.655. The van der Waals surface area contributed by atoms with Crippen molar-refractivity contribution in [2.75, 3.05) is 51.1 Å². The van der Waals surface area contributed by atoms with Gasteiger partial charge in [-0.15, -0.1) is 0 Å². The molecule has 1 aromatic carbocycles. The lowest BCUT2D eigenvalue weighted by atomic mass is 10.2. The number of unbranched alkanes of at least 4 members (excludes halogenated alkanes) is 1. The number of hydrogen-bond acceptors (Lipinski definition) is 5. The Balaban J connectivity index is 2.20. The SMILES string of the molecule is CCCOc1cc(N)cc(NCCCCOCCOC)c1. The lowest BCUT2D eigenvalue weighted by Crippen LogP contribution is -2.06. The molecule has 0 unspecified atom stereocenters. The van der Waals surface area contributed by atoms with Crippen LogP contribution in [-0.2, 0) is 9.47 Å². The van der Waals surface area contributed by atoms with E-state index >= 15 is 0 Å². The van der Waals surface area contributed by atoms with Crippen LogP contribution in [0.2, 0.25) is 0 Å². The topological polar surface area (TPSA) is 65.7 Å². The van der Waals surface area contributed by atoms with E-state index in [0.717, 1.165) is 43.9 Å². The maximum atomic E-state index is 5.88. The number of ether oxygens (including phenoxy) is 3. The van der Waals surface area contributed by atoms with Crippen molar-refractivity contribution in [3.63, 3.8) is 0 Å². The van der Waals surface area contributed by atoms with Gasteiger partial charge in [-0.25, -0.2) is 0 Å². The van der Waals surface area contributed by atoms with Crippen molar-refractivity contribution in [2.24, 2.45) is 0 Å². The van der Waals surface area contributed by atoms with Crippen molar-refractivity contribution in [3.05, 3.63) is 18.2 Å². The van der Waals surface area contributed by atoms with Crippen LogP contribution in [0, 0.1) is 0 Å². The standard InChI is InChI=1S/C16H28N2O3/c1-3-7-21-16-12-14(17)11-15(13-16)18-6-4-5-8-20-10-9-19-2/h11-13,18H,3-10,17H2,1-2H3. The van der Waals surface area contributed by atoms with Crippen LogP contribution in [0.3, 0.4) is 0 Å². The molecule has 3 N–H and O–H groups in total. The Morgan fingerprint density at radius 2 is 1.90 bits per heavy atom. The largest absolute Gasteiger partial charge is 0.493 e. The zero-order valence-electron chi connectivity index (χ0n) is 13.2. The molecule has 0 spiro atoms. The van der Waals surface area contributed by atoms with Gasteiger partial charge < -0.3 is 25.3 Å². The molecule has 0 amide bonds. The molecule has 0 saturated heterocycles. The van der Waals surface area contributed by atoms with Crippen molar-refractivity contribution >= 4 is 11.4 Å². The number of anilines is 2. The Morgan fingerprint density at radius 1 is 1.05 bits per heavy atom. The lowest BCUT2D eigenvalue weighted by Gasteiger charge is -2.11. The lowest BCUT2D eigenvalue weighted by molar-refractivity contribution is 0.0691. The molecule has 1 aromatic rings. The summed E-state index contributed by atoms with van der Waals surface area (Å²) in [5, 5.41) is 3.36. The van der Waals surface area contributed by atoms with E-state index in [1.807, 2.05) is 18.2 Å². The fourth-order valence-electron chi connectivity index (χ4n) is 1.83. The summed E-state index contributed by atoms with van der Waals surface area (Å²) in [6.45, 7) is 5.78. The molecule has 0 aliphatic rings. The average molecular weight is 296 g/mol. The smallest absolute Gasteiger partial charge is 0.123 e. The second-order valence-corrected chi connectivity index (χ2v) is 4.88. The van der Waals surface area contributed by atoms with Crippen LogP contribution in [0.25, 0.3) is 0 Å². The molecule has 0 fully saturated rings. The molecule has 0 aliphatic heterocycles. The van der Waals surface area contributed by atoms with E-state index in [-0.39, 0.29) is 0 Å². The first-order valence-electron chi connectivity index (χ1n) is 7.60. The minimum atomic E-state index is 0.655. The highest BCUT2D eigenvalue weighted by Gasteiger charge is 2.00. The molecule has 21 heavy (non-hydrogen) atoms. The van der Waals surface area contributed by atoms with Crippen molar-refractivity contribution in [1.82, 2.24) is 0 Å². The Labute approximate surface area is 127 Å². The van der Waals surface area contributed by atoms with Gasteiger partial charge in [0, 0.05) is 43.8 Å². The van der Waals surface area contributed by atoms with E-state index in [0.29, 0.717) is 25.5 Å². The number of nitrogen functional groups attached to an aromatic ring is 1. The third-order valence-electron chi connectivity index (χ3n) is 2.88. The fraction of sp³-hybridized carbons (Fsp3) is 0.625. The molecule has 0 atom stereocenters. The quantitative estimate of drug-likeness (QED) is 0.458. The van der Waals surface area contributed by atoms with E-state index in [1.165, 1.54) is 0 Å². The minimum Gasteiger partial charge on any atom is -0.493 e. The van der Waals surface area contributed by atoms with Crippen LogP contribution < -0.4 is 15.8 Å². The zero-order valence-corrected chi connectivity index (χ0v) is 13.2. The highest BCUT2D eigenvalue weighted by atomic mass is 16.5. The molecule has 0 aliphatic carbocycles. The first-order chi connectivity index (χ1) is 10.3. The number of rotatable bonds is 12. The second kappa shape index (κ2) is 11.2. The van der Waals surface area contributed by atoms with Gasteiger partial charge >= 0.3 is 0 Å². The first kappa shape index (κ1) is 17.6. The summed E-state index contributed by atoms with van der Waals surface area (Å²) >= 11 is 0. The molecule has 0 radical (unpaired) electrons. The van der Waals surface area contributed by atoms with Gasteiger partial charge in [0.2, 0.25) is 0 Å². The van der Waals surface area contributed by atoms with Crippen LogP contribution >= 0.6 is 0 Å². The van der Waals surface area contributed by atoms with Crippen LogP contribution in [0.1, 0.15) is 26.2 Å². The van der Waals surface area contributed by atoms with Gasteiger partial charge in [0.1, 0.15) is 5.75 Å². The monoisotopic (exact) mass is 296 g/mol. The van der Waals surface area contributed by atoms with Crippen LogP contribution in [0.15, 0.2) is 18.2 Å². The van der Waals surface area contributed by atoms with E-state index in [4.69, 9.17) is 19.9 Å². The highest BCUT2D eigenvalue weighted by molar-refractivity contribution is 5.59. The van der Waals surface area contributed by atoms with Crippen molar-refractivity contribution in [1.29, 1.82) is 0 Å². The molecule has 0 aromatic heterocycles. The Kier molecular flexibility index (Phi) is 9.40. The van der Waals surface area contributed by atoms with Gasteiger partial charge in [-0.1, -0.05) is 6.92 Å². The molecule has 0 heterocycles. The van der Waals surface area contributed by atoms with Gasteiger partial charge in [0.25, 0.3) is 0 Å². The molecule has 0 saturated carbocycles. The molecular weight excluding hydrogens is 268 g/mol. The molecule has 1 rings (SSSR count). The summed E-state index contributed by atoms with van der Waals surface area (Å²) in [4.78, 5) is 0. The fourth-order valence-corrected chi connectivity index (χ4v) is 1.83. The average Bonchev–Trinajstić information content (AvgIpc) is 2.47. The number of nitrogens with two attached hydrogens (primary N) is 1. The van der Waals surface area contributed by atoms with Crippen LogP contribution in [-0.4, -0.2) is 40.1 Å². The Hall–Kier alpha value is -1.46. The van der Waals surface area contributed by atoms with E-state index in [1.54, 1.807) is 7.11 Å². The summed E-state index contributed by atoms with van der Waals surface area (Å²) in [6.07, 6.45) is 3.06. The predicted octanol–water partition coefficient (Wildman–Crippen LogP) is 2.91. The van der Waals surface area contributed by atoms with Crippen molar-refractivity contribution in [2.45, 2.75) is 26.2 Å². The molecule has 0 bridgehead atoms. The third-order valence-corrected chi connectivity index (χ3v) is 2.88. The van der Waals surface area contributed by atoms with Crippen molar-refractivity contribution < 1.29 is 14.2 Å². The Bertz CT molecular complexity index is 386. The van der Waals surface area contributed by atoms with Gasteiger partial charge in [0.05, 0.1) is 19.8 Å². The maximum Gasteiger partial charge on any atom is 0.123 e. The molecular formula is C16H28N2O3. The molecule has 5 nitrogen and oxygen atoms in total. The van der Waals surface area contributed by atoms with Gasteiger partial charge in [-0.2, -0.15) is 0 Å². The summed E-state index contributed by atoms with van der Waals surface area (Å²) < 4.78 is 15.9. The normalized spacial score (nSPS) is 10.6. The van der Waals surface area contributed by atoms with Gasteiger partial charge in [0.15, 0.2) is 0 Å². The summed E-state index contributed by atoms with van der Waals surface area (Å²) in [7, 11) is 1.68. The first-order valence-corrected chi connectivity index (χ1v) is 7.60. The van der Waals surface area contributed by atoms with E-state index in [2.05, 4.69) is 12.2 Å². The van der Waals surface area contributed by atoms with E-state index < -0.39 is 0 Å². The Morgan fingerprint density at radius 3 is 2.67 bits per heavy atom. The van der Waals surface area contributed by atoms with Crippen molar-refractivity contribution in [3.8, 4) is 5.75 Å². The van der Waals surface area contributed by atoms with Crippen LogP contribution in [0.5, 0.6) is 5.75 Å². The maximum absolute atomic E-state index is 5.88. The van der Waals surface area contributed by atoms with E-state index in [9.17, 15) is 0 Å². The summed E-state index contributed by atoms with van der Waals surface area (Å²) in [5.41, 5.74) is 7.60.